The van der Waals surface area contributed by atoms with Crippen molar-refractivity contribution >= 4 is 11.6 Å². The number of hydrogen-bond acceptors (Lipinski definition) is 4. The summed E-state index contributed by atoms with van der Waals surface area (Å²) in [4.78, 5) is 12.2. The lowest BCUT2D eigenvalue weighted by atomic mass is 10.2. The predicted molar refractivity (Wildman–Crippen MR) is 87.9 cm³/mol. The van der Waals surface area contributed by atoms with Crippen molar-refractivity contribution in [1.29, 1.82) is 5.26 Å². The van der Waals surface area contributed by atoms with Gasteiger partial charge in [-0.2, -0.15) is 18.4 Å². The highest BCUT2D eigenvalue weighted by Crippen LogP contribution is 2.31. The van der Waals surface area contributed by atoms with Gasteiger partial charge in [0.15, 0.2) is 17.6 Å². The third-order valence-electron chi connectivity index (χ3n) is 3.42. The van der Waals surface area contributed by atoms with Gasteiger partial charge < -0.3 is 14.8 Å². The van der Waals surface area contributed by atoms with Crippen LogP contribution in [0.5, 0.6) is 11.5 Å². The Labute approximate surface area is 148 Å². The van der Waals surface area contributed by atoms with Gasteiger partial charge in [0.1, 0.15) is 0 Å². The molecule has 0 bridgehead atoms. The molecule has 136 valence electrons. The van der Waals surface area contributed by atoms with Gasteiger partial charge in [-0.3, -0.25) is 4.79 Å². The topological polar surface area (TPSA) is 71.3 Å². The number of carbonyl (C=O) groups excluding carboxylic acids is 1. The number of carbonyl (C=O) groups is 1. The number of anilines is 1. The van der Waals surface area contributed by atoms with Gasteiger partial charge in [0.2, 0.25) is 0 Å². The fraction of sp³-hybridized carbons (Fsp3) is 0.222. The summed E-state index contributed by atoms with van der Waals surface area (Å²) in [6.07, 6.45) is -5.51. The van der Waals surface area contributed by atoms with Crippen molar-refractivity contribution < 1.29 is 27.4 Å². The van der Waals surface area contributed by atoms with E-state index in [1.54, 1.807) is 0 Å². The Morgan fingerprint density at radius 3 is 2.54 bits per heavy atom. The molecular weight excluding hydrogens is 349 g/mol. The quantitative estimate of drug-likeness (QED) is 0.871. The van der Waals surface area contributed by atoms with E-state index in [9.17, 15) is 18.0 Å². The first-order valence-electron chi connectivity index (χ1n) is 7.47. The van der Waals surface area contributed by atoms with E-state index in [-0.39, 0.29) is 17.2 Å². The Hall–Kier alpha value is -3.21. The monoisotopic (exact) mass is 364 g/mol. The molecule has 0 saturated heterocycles. The first-order valence-corrected chi connectivity index (χ1v) is 7.47. The van der Waals surface area contributed by atoms with Gasteiger partial charge in [-0.25, -0.2) is 0 Å². The molecule has 0 spiro atoms. The molecule has 5 nitrogen and oxygen atoms in total. The summed E-state index contributed by atoms with van der Waals surface area (Å²) >= 11 is 0. The summed E-state index contributed by atoms with van der Waals surface area (Å²) in [5.41, 5.74) is -0.500. The fourth-order valence-electron chi connectivity index (χ4n) is 2.10. The molecule has 2 rings (SSSR count). The molecular formula is C18H15F3N2O3. The zero-order chi connectivity index (χ0) is 19.3. The number of ether oxygens (including phenoxy) is 2. The molecule has 0 aliphatic carbocycles. The highest BCUT2D eigenvalue weighted by molar-refractivity contribution is 5.94. The normalized spacial score (nSPS) is 12.0. The van der Waals surface area contributed by atoms with Crippen molar-refractivity contribution in [2.24, 2.45) is 0 Å². The summed E-state index contributed by atoms with van der Waals surface area (Å²) < 4.78 is 48.8. The molecule has 2 aromatic rings. The molecule has 1 N–H and O–H groups in total. The molecule has 0 fully saturated rings. The van der Waals surface area contributed by atoms with Gasteiger partial charge in [-0.15, -0.1) is 0 Å². The van der Waals surface area contributed by atoms with Crippen molar-refractivity contribution in [1.82, 2.24) is 0 Å². The molecule has 0 heterocycles. The number of benzene rings is 2. The first kappa shape index (κ1) is 19.1. The number of methoxy groups -OCH3 is 1. The molecule has 0 aromatic heterocycles. The Bertz CT molecular complexity index is 844. The Morgan fingerprint density at radius 1 is 1.19 bits per heavy atom. The van der Waals surface area contributed by atoms with E-state index in [1.807, 2.05) is 6.07 Å². The van der Waals surface area contributed by atoms with Crippen LogP contribution in [0, 0.1) is 11.3 Å². The minimum Gasteiger partial charge on any atom is -0.493 e. The number of nitrogens with one attached hydrogen (secondary N) is 1. The van der Waals surface area contributed by atoms with E-state index < -0.39 is 23.8 Å². The van der Waals surface area contributed by atoms with E-state index in [0.717, 1.165) is 12.1 Å². The number of hydrogen-bond donors (Lipinski definition) is 1. The fourth-order valence-corrected chi connectivity index (χ4v) is 2.10. The summed E-state index contributed by atoms with van der Waals surface area (Å²) in [6.45, 7) is 1.45. The lowest BCUT2D eigenvalue weighted by Crippen LogP contribution is -2.30. The van der Waals surface area contributed by atoms with Crippen molar-refractivity contribution in [2.75, 3.05) is 12.4 Å². The van der Waals surface area contributed by atoms with Gasteiger partial charge in [0, 0.05) is 11.8 Å². The van der Waals surface area contributed by atoms with Gasteiger partial charge >= 0.3 is 6.18 Å². The van der Waals surface area contributed by atoms with Crippen molar-refractivity contribution in [3.05, 3.63) is 53.6 Å². The van der Waals surface area contributed by atoms with Gasteiger partial charge in [0.25, 0.3) is 5.91 Å². The van der Waals surface area contributed by atoms with E-state index in [2.05, 4.69) is 5.32 Å². The van der Waals surface area contributed by atoms with Crippen LogP contribution < -0.4 is 14.8 Å². The highest BCUT2D eigenvalue weighted by atomic mass is 19.4. The Kier molecular flexibility index (Phi) is 5.72. The summed E-state index contributed by atoms with van der Waals surface area (Å²) in [5, 5.41) is 11.2. The van der Waals surface area contributed by atoms with Crippen LogP contribution in [0.4, 0.5) is 18.9 Å². The lowest BCUT2D eigenvalue weighted by Gasteiger charge is -2.17. The van der Waals surface area contributed by atoms with E-state index in [1.165, 1.54) is 44.4 Å². The van der Waals surface area contributed by atoms with Crippen LogP contribution in [0.3, 0.4) is 0 Å². The molecule has 0 aliphatic rings. The molecule has 1 atom stereocenters. The molecule has 0 radical (unpaired) electrons. The Balaban J connectivity index is 2.10. The van der Waals surface area contributed by atoms with Crippen molar-refractivity contribution in [3.8, 4) is 17.6 Å². The number of halogens is 3. The summed E-state index contributed by atoms with van der Waals surface area (Å²) in [7, 11) is 1.39. The minimum atomic E-state index is -4.50. The second kappa shape index (κ2) is 7.78. The maximum Gasteiger partial charge on any atom is 0.416 e. The maximum absolute atomic E-state index is 12.7. The standard InChI is InChI=1S/C18H15F3N2O3/c1-11(26-15-7-6-12(10-22)8-16(15)25-2)17(24)23-14-5-3-4-13(9-14)18(19,20)21/h3-9,11H,1-2H3,(H,23,24). The smallest absolute Gasteiger partial charge is 0.416 e. The highest BCUT2D eigenvalue weighted by Gasteiger charge is 2.30. The van der Waals surface area contributed by atoms with E-state index in [4.69, 9.17) is 14.7 Å². The van der Waals surface area contributed by atoms with Gasteiger partial charge in [0.05, 0.1) is 24.3 Å². The summed E-state index contributed by atoms with van der Waals surface area (Å²) in [6, 6.07) is 10.7. The SMILES string of the molecule is COc1cc(C#N)ccc1OC(C)C(=O)Nc1cccc(C(F)(F)F)c1. The lowest BCUT2D eigenvalue weighted by molar-refractivity contribution is -0.137. The molecule has 8 heteroatoms. The van der Waals surface area contributed by atoms with Crippen LogP contribution in [0.15, 0.2) is 42.5 Å². The number of nitriles is 1. The average Bonchev–Trinajstić information content (AvgIpc) is 2.61. The zero-order valence-corrected chi connectivity index (χ0v) is 13.9. The second-order valence-electron chi connectivity index (χ2n) is 5.31. The third-order valence-corrected chi connectivity index (χ3v) is 3.42. The Morgan fingerprint density at radius 2 is 1.92 bits per heavy atom. The molecule has 26 heavy (non-hydrogen) atoms. The van der Waals surface area contributed by atoms with Crippen LogP contribution in [-0.2, 0) is 11.0 Å². The van der Waals surface area contributed by atoms with E-state index in [0.29, 0.717) is 5.56 Å². The van der Waals surface area contributed by atoms with Crippen LogP contribution >= 0.6 is 0 Å². The maximum atomic E-state index is 12.7. The molecule has 0 aliphatic heterocycles. The number of amides is 1. The first-order chi connectivity index (χ1) is 12.2. The number of rotatable bonds is 5. The predicted octanol–water partition coefficient (Wildman–Crippen LogP) is 3.99. The van der Waals surface area contributed by atoms with Crippen molar-refractivity contribution in [2.45, 2.75) is 19.2 Å². The van der Waals surface area contributed by atoms with Crippen LogP contribution in [0.2, 0.25) is 0 Å². The molecule has 2 aromatic carbocycles. The third kappa shape index (κ3) is 4.66. The number of nitrogens with zero attached hydrogens (tertiary/aromatic N) is 1. The molecule has 0 saturated carbocycles. The molecule has 1 unspecified atom stereocenters. The van der Waals surface area contributed by atoms with Crippen LogP contribution in [-0.4, -0.2) is 19.1 Å². The average molecular weight is 364 g/mol. The van der Waals surface area contributed by atoms with Crippen LogP contribution in [0.25, 0.3) is 0 Å². The minimum absolute atomic E-state index is 0.00654. The zero-order valence-electron chi connectivity index (χ0n) is 13.9. The van der Waals surface area contributed by atoms with Gasteiger partial charge in [-0.1, -0.05) is 6.07 Å². The number of alkyl halides is 3. The second-order valence-corrected chi connectivity index (χ2v) is 5.31. The van der Waals surface area contributed by atoms with E-state index >= 15 is 0 Å². The van der Waals surface area contributed by atoms with Crippen LogP contribution in [0.1, 0.15) is 18.1 Å². The molecule has 1 amide bonds. The largest absolute Gasteiger partial charge is 0.493 e. The van der Waals surface area contributed by atoms with Gasteiger partial charge in [-0.05, 0) is 37.3 Å². The summed E-state index contributed by atoms with van der Waals surface area (Å²) in [5.74, 6) is -0.128. The van der Waals surface area contributed by atoms with Crippen molar-refractivity contribution in [3.63, 3.8) is 0 Å².